The molecule has 0 spiro atoms. The first kappa shape index (κ1) is 23.5. The van der Waals surface area contributed by atoms with Crippen LogP contribution in [0.3, 0.4) is 0 Å². The van der Waals surface area contributed by atoms with Gasteiger partial charge in [-0.1, -0.05) is 6.07 Å². The zero-order valence-corrected chi connectivity index (χ0v) is 20.4. The molecule has 0 bridgehead atoms. The first-order valence-electron chi connectivity index (χ1n) is 11.6. The van der Waals surface area contributed by atoms with Crippen LogP contribution in [0, 0.1) is 0 Å². The van der Waals surface area contributed by atoms with Crippen LogP contribution in [0.25, 0.3) is 11.1 Å². The molecule has 0 saturated carbocycles. The number of thioether (sulfide) groups is 1. The van der Waals surface area contributed by atoms with Crippen molar-refractivity contribution < 1.29 is 23.9 Å². The molecule has 0 radical (unpaired) electrons. The van der Waals surface area contributed by atoms with E-state index in [1.807, 2.05) is 18.2 Å². The van der Waals surface area contributed by atoms with Gasteiger partial charge in [-0.25, -0.2) is 0 Å². The third kappa shape index (κ3) is 4.55. The van der Waals surface area contributed by atoms with Crippen LogP contribution in [0.4, 0.5) is 5.69 Å². The number of nitrogens with zero attached hydrogens (tertiary/aromatic N) is 1. The number of fused-ring (bicyclic) bond motifs is 2. The van der Waals surface area contributed by atoms with Gasteiger partial charge >= 0.3 is 0 Å². The Morgan fingerprint density at radius 2 is 1.97 bits per heavy atom. The Labute approximate surface area is 207 Å². The van der Waals surface area contributed by atoms with Gasteiger partial charge in [0, 0.05) is 35.8 Å². The number of carbonyl (C=O) groups excluding carboxylic acids is 3. The molecule has 184 valence electrons. The van der Waals surface area contributed by atoms with Crippen LogP contribution >= 0.6 is 11.8 Å². The predicted molar refractivity (Wildman–Crippen MR) is 134 cm³/mol. The smallest absolute Gasteiger partial charge is 0.256 e. The van der Waals surface area contributed by atoms with E-state index in [0.717, 1.165) is 22.8 Å². The summed E-state index contributed by atoms with van der Waals surface area (Å²) in [6, 6.07) is 9.91. The Morgan fingerprint density at radius 1 is 1.11 bits per heavy atom. The van der Waals surface area contributed by atoms with Gasteiger partial charge in [-0.3, -0.25) is 19.7 Å². The zero-order chi connectivity index (χ0) is 24.5. The van der Waals surface area contributed by atoms with E-state index in [9.17, 15) is 14.4 Å². The number of amides is 3. The fraction of sp³-hybridized carbons (Fsp3) is 0.400. The molecule has 3 atom stereocenters. The highest BCUT2D eigenvalue weighted by atomic mass is 32.2. The number of rotatable bonds is 5. The van der Waals surface area contributed by atoms with Gasteiger partial charge in [0.25, 0.3) is 5.91 Å². The summed E-state index contributed by atoms with van der Waals surface area (Å²) in [5.74, 6) is 2.32. The standard InChI is InChI=1S/C25H28N4O5S/c1-33-16-4-5-17(22(11-16)34-2)14-3-6-19-18(9-14)25(32)29-8-7-15(10-21(29)24(31)28-19)27-23(30)20-12-35-13-26-20/h3-6,9,11,15,20-21,26H,7-8,10,12-13H2,1-2H3,(H,27,30)(H,28,31)/t15-,20-,21-/m0/s1. The predicted octanol–water partition coefficient (Wildman–Crippen LogP) is 2.07. The van der Waals surface area contributed by atoms with Crippen molar-refractivity contribution in [2.75, 3.05) is 37.7 Å². The summed E-state index contributed by atoms with van der Waals surface area (Å²) in [5.41, 5.74) is 2.54. The fourth-order valence-corrected chi connectivity index (χ4v) is 5.80. The van der Waals surface area contributed by atoms with Gasteiger partial charge < -0.3 is 25.0 Å². The van der Waals surface area contributed by atoms with Gasteiger partial charge in [0.2, 0.25) is 11.8 Å². The molecular weight excluding hydrogens is 468 g/mol. The molecule has 0 aliphatic carbocycles. The summed E-state index contributed by atoms with van der Waals surface area (Å²) in [5, 5.41) is 9.16. The minimum Gasteiger partial charge on any atom is -0.497 e. The van der Waals surface area contributed by atoms with E-state index in [-0.39, 0.29) is 29.8 Å². The molecule has 2 aromatic carbocycles. The molecule has 5 rings (SSSR count). The Hall–Kier alpha value is -3.24. The Kier molecular flexibility index (Phi) is 6.57. The molecular formula is C25H28N4O5S. The van der Waals surface area contributed by atoms with Crippen molar-refractivity contribution >= 4 is 35.2 Å². The number of benzene rings is 2. The average molecular weight is 497 g/mol. The van der Waals surface area contributed by atoms with Gasteiger partial charge in [-0.15, -0.1) is 11.8 Å². The summed E-state index contributed by atoms with van der Waals surface area (Å²) in [6.45, 7) is 0.393. The second-order valence-electron chi connectivity index (χ2n) is 8.83. The van der Waals surface area contributed by atoms with Gasteiger partial charge in [0.1, 0.15) is 17.5 Å². The fourth-order valence-electron chi connectivity index (χ4n) is 4.86. The second kappa shape index (κ2) is 9.79. The van der Waals surface area contributed by atoms with Gasteiger partial charge in [-0.05, 0) is 42.7 Å². The van der Waals surface area contributed by atoms with Crippen molar-refractivity contribution in [2.45, 2.75) is 31.0 Å². The Morgan fingerprint density at radius 3 is 2.71 bits per heavy atom. The highest BCUT2D eigenvalue weighted by Crippen LogP contribution is 2.37. The van der Waals surface area contributed by atoms with Gasteiger partial charge in [0.05, 0.1) is 31.5 Å². The lowest BCUT2D eigenvalue weighted by Gasteiger charge is -2.37. The summed E-state index contributed by atoms with van der Waals surface area (Å²) in [7, 11) is 3.18. The summed E-state index contributed by atoms with van der Waals surface area (Å²) in [6.07, 6.45) is 0.985. The van der Waals surface area contributed by atoms with E-state index >= 15 is 0 Å². The number of carbonyl (C=O) groups is 3. The van der Waals surface area contributed by atoms with Crippen LogP contribution in [0.15, 0.2) is 36.4 Å². The first-order valence-corrected chi connectivity index (χ1v) is 12.7. The lowest BCUT2D eigenvalue weighted by Crippen LogP contribution is -2.56. The van der Waals surface area contributed by atoms with E-state index in [0.29, 0.717) is 42.1 Å². The van der Waals surface area contributed by atoms with Crippen LogP contribution in [0.5, 0.6) is 11.5 Å². The van der Waals surface area contributed by atoms with E-state index in [4.69, 9.17) is 9.47 Å². The molecule has 3 heterocycles. The summed E-state index contributed by atoms with van der Waals surface area (Å²) < 4.78 is 10.8. The number of methoxy groups -OCH3 is 2. The van der Waals surface area contributed by atoms with Crippen molar-refractivity contribution in [1.29, 1.82) is 0 Å². The molecule has 2 aromatic rings. The molecule has 0 aromatic heterocycles. The maximum absolute atomic E-state index is 13.6. The minimum absolute atomic E-state index is 0.0461. The minimum atomic E-state index is -0.640. The molecule has 2 fully saturated rings. The molecule has 3 amide bonds. The quantitative estimate of drug-likeness (QED) is 0.582. The van der Waals surface area contributed by atoms with E-state index in [2.05, 4.69) is 16.0 Å². The highest BCUT2D eigenvalue weighted by molar-refractivity contribution is 7.99. The lowest BCUT2D eigenvalue weighted by atomic mass is 9.95. The third-order valence-electron chi connectivity index (χ3n) is 6.77. The van der Waals surface area contributed by atoms with E-state index in [1.54, 1.807) is 49.1 Å². The average Bonchev–Trinajstić information content (AvgIpc) is 3.40. The number of piperidine rings is 1. The number of nitrogens with one attached hydrogen (secondary N) is 3. The summed E-state index contributed by atoms with van der Waals surface area (Å²) in [4.78, 5) is 40.9. The summed E-state index contributed by atoms with van der Waals surface area (Å²) >= 11 is 1.69. The SMILES string of the molecule is COc1ccc(-c2ccc3c(c2)C(=O)N2CC[C@H](NC(=O)[C@@H]4CSCN4)C[C@H]2C(=O)N3)c(OC)c1. The van der Waals surface area contributed by atoms with Crippen molar-refractivity contribution in [3.8, 4) is 22.6 Å². The number of hydrogen-bond acceptors (Lipinski definition) is 7. The van der Waals surface area contributed by atoms with Crippen molar-refractivity contribution in [1.82, 2.24) is 15.5 Å². The molecule has 2 saturated heterocycles. The Balaban J connectivity index is 1.38. The maximum atomic E-state index is 13.6. The number of hydrogen-bond donors (Lipinski definition) is 3. The highest BCUT2D eigenvalue weighted by Gasteiger charge is 2.40. The molecule has 9 nitrogen and oxygen atoms in total. The zero-order valence-electron chi connectivity index (χ0n) is 19.6. The first-order chi connectivity index (χ1) is 17.0. The lowest BCUT2D eigenvalue weighted by molar-refractivity contribution is -0.125. The second-order valence-corrected chi connectivity index (χ2v) is 9.86. The topological polar surface area (TPSA) is 109 Å². The van der Waals surface area contributed by atoms with Crippen molar-refractivity contribution in [3.63, 3.8) is 0 Å². The normalized spacial score (nSPS) is 23.6. The molecule has 10 heteroatoms. The largest absolute Gasteiger partial charge is 0.497 e. The van der Waals surface area contributed by atoms with Gasteiger partial charge in [-0.2, -0.15) is 0 Å². The maximum Gasteiger partial charge on any atom is 0.256 e. The number of ether oxygens (including phenoxy) is 2. The molecule has 3 aliphatic rings. The molecule has 3 aliphatic heterocycles. The van der Waals surface area contributed by atoms with E-state index < -0.39 is 6.04 Å². The molecule has 3 N–H and O–H groups in total. The van der Waals surface area contributed by atoms with Crippen molar-refractivity contribution in [3.05, 3.63) is 42.0 Å². The van der Waals surface area contributed by atoms with Gasteiger partial charge in [0.15, 0.2) is 0 Å². The van der Waals surface area contributed by atoms with Crippen LogP contribution in [0.1, 0.15) is 23.2 Å². The van der Waals surface area contributed by atoms with E-state index in [1.165, 1.54) is 0 Å². The Bertz CT molecular complexity index is 1170. The van der Waals surface area contributed by atoms with Crippen LogP contribution < -0.4 is 25.4 Å². The molecule has 0 unspecified atom stereocenters. The van der Waals surface area contributed by atoms with Crippen LogP contribution in [-0.2, 0) is 9.59 Å². The van der Waals surface area contributed by atoms with Crippen molar-refractivity contribution in [2.24, 2.45) is 0 Å². The van der Waals surface area contributed by atoms with Crippen LogP contribution in [-0.4, -0.2) is 73.1 Å². The third-order valence-corrected chi connectivity index (χ3v) is 7.71. The monoisotopic (exact) mass is 496 g/mol. The number of anilines is 1. The molecule has 35 heavy (non-hydrogen) atoms. The van der Waals surface area contributed by atoms with Crippen LogP contribution in [0.2, 0.25) is 0 Å².